The van der Waals surface area contributed by atoms with Crippen LogP contribution < -0.4 is 0 Å². The van der Waals surface area contributed by atoms with Gasteiger partial charge in [0.1, 0.15) is 5.69 Å². The lowest BCUT2D eigenvalue weighted by Crippen LogP contribution is -1.91. The molecular weight excluding hydrogens is 336 g/mol. The minimum Gasteiger partial charge on any atom is -0.356 e. The molecule has 0 fully saturated rings. The zero-order chi connectivity index (χ0) is 16.6. The summed E-state index contributed by atoms with van der Waals surface area (Å²) in [5.74, 6) is 1.38. The summed E-state index contributed by atoms with van der Waals surface area (Å²) >= 11 is 1.41. The fourth-order valence-corrected chi connectivity index (χ4v) is 3.31. The largest absolute Gasteiger partial charge is 0.356 e. The van der Waals surface area contributed by atoms with Gasteiger partial charge in [0.2, 0.25) is 4.96 Å². The molecule has 1 aromatic carbocycles. The average molecular weight is 346 g/mol. The molecule has 25 heavy (non-hydrogen) atoms. The van der Waals surface area contributed by atoms with Crippen molar-refractivity contribution in [2.24, 2.45) is 0 Å². The molecule has 8 heteroatoms. The molecule has 0 radical (unpaired) electrons. The summed E-state index contributed by atoms with van der Waals surface area (Å²) < 4.78 is 7.17. The van der Waals surface area contributed by atoms with Crippen molar-refractivity contribution in [2.75, 3.05) is 0 Å². The zero-order valence-corrected chi connectivity index (χ0v) is 13.6. The van der Waals surface area contributed by atoms with Crippen LogP contribution in [0.4, 0.5) is 0 Å². The van der Waals surface area contributed by atoms with Gasteiger partial charge in [-0.05, 0) is 12.1 Å². The van der Waals surface area contributed by atoms with Crippen LogP contribution in [0.15, 0.2) is 65.4 Å². The standard InChI is InChI=1S/C17H10N6OS/c1-2-4-11(5-3-1)14-10-13(22-24-14)16-21-23-15(19-20-17(23)25-16)12-6-8-18-9-7-12/h1-10H. The number of benzene rings is 1. The number of fused-ring (bicyclic) bond motifs is 1. The maximum Gasteiger partial charge on any atom is 0.235 e. The smallest absolute Gasteiger partial charge is 0.235 e. The highest BCUT2D eigenvalue weighted by atomic mass is 32.1. The Kier molecular flexibility index (Phi) is 3.14. The van der Waals surface area contributed by atoms with E-state index >= 15 is 0 Å². The van der Waals surface area contributed by atoms with Gasteiger partial charge in [-0.2, -0.15) is 9.61 Å². The van der Waals surface area contributed by atoms with Crippen molar-refractivity contribution in [3.8, 4) is 33.4 Å². The molecule has 0 aliphatic carbocycles. The Morgan fingerprint density at radius 3 is 2.60 bits per heavy atom. The molecule has 120 valence electrons. The Hall–Kier alpha value is -3.39. The van der Waals surface area contributed by atoms with Crippen molar-refractivity contribution in [1.82, 2.24) is 30.0 Å². The molecule has 5 rings (SSSR count). The first-order chi connectivity index (χ1) is 12.4. The van der Waals surface area contributed by atoms with E-state index < -0.39 is 0 Å². The van der Waals surface area contributed by atoms with Crippen LogP contribution in [0, 0.1) is 0 Å². The fourth-order valence-electron chi connectivity index (χ4n) is 2.52. The average Bonchev–Trinajstić information content (AvgIpc) is 3.38. The lowest BCUT2D eigenvalue weighted by molar-refractivity contribution is 0.435. The number of nitrogens with zero attached hydrogens (tertiary/aromatic N) is 6. The third-order valence-electron chi connectivity index (χ3n) is 3.72. The normalized spacial score (nSPS) is 11.2. The third kappa shape index (κ3) is 2.39. The molecule has 0 spiro atoms. The molecule has 0 saturated heterocycles. The first-order valence-electron chi connectivity index (χ1n) is 7.54. The number of hydrogen-bond acceptors (Lipinski definition) is 7. The van der Waals surface area contributed by atoms with Crippen LogP contribution in [0.1, 0.15) is 0 Å². The summed E-state index contributed by atoms with van der Waals surface area (Å²) in [6, 6.07) is 15.5. The van der Waals surface area contributed by atoms with Crippen molar-refractivity contribution in [2.45, 2.75) is 0 Å². The van der Waals surface area contributed by atoms with Gasteiger partial charge in [-0.25, -0.2) is 0 Å². The van der Waals surface area contributed by atoms with Gasteiger partial charge in [0.25, 0.3) is 0 Å². The van der Waals surface area contributed by atoms with E-state index in [-0.39, 0.29) is 0 Å². The maximum absolute atomic E-state index is 5.46. The van der Waals surface area contributed by atoms with Gasteiger partial charge < -0.3 is 4.52 Å². The second kappa shape index (κ2) is 5.60. The minimum absolute atomic E-state index is 0.673. The Morgan fingerprint density at radius 1 is 0.920 bits per heavy atom. The Balaban J connectivity index is 1.56. The Bertz CT molecular complexity index is 1150. The molecule has 0 unspecified atom stereocenters. The van der Waals surface area contributed by atoms with Crippen molar-refractivity contribution in [3.05, 3.63) is 60.9 Å². The SMILES string of the molecule is c1ccc(-c2cc(-c3nn4c(-c5ccncc5)nnc4s3)no2)cc1. The van der Waals surface area contributed by atoms with Crippen LogP contribution in [-0.2, 0) is 0 Å². The van der Waals surface area contributed by atoms with Gasteiger partial charge in [-0.15, -0.1) is 10.2 Å². The molecular formula is C17H10N6OS. The summed E-state index contributed by atoms with van der Waals surface area (Å²) in [5, 5.41) is 17.9. The van der Waals surface area contributed by atoms with E-state index in [0.29, 0.717) is 22.2 Å². The molecule has 0 saturated carbocycles. The lowest BCUT2D eigenvalue weighted by atomic mass is 10.2. The molecule has 0 amide bonds. The predicted octanol–water partition coefficient (Wildman–Crippen LogP) is 3.57. The lowest BCUT2D eigenvalue weighted by Gasteiger charge is -1.94. The summed E-state index contributed by atoms with van der Waals surface area (Å²) in [5.41, 5.74) is 2.56. The van der Waals surface area contributed by atoms with Crippen LogP contribution >= 0.6 is 11.3 Å². The van der Waals surface area contributed by atoms with Crippen molar-refractivity contribution >= 4 is 16.3 Å². The maximum atomic E-state index is 5.46. The highest BCUT2D eigenvalue weighted by Crippen LogP contribution is 2.30. The monoisotopic (exact) mass is 346 g/mol. The topological polar surface area (TPSA) is 82.0 Å². The van der Waals surface area contributed by atoms with Gasteiger partial charge >= 0.3 is 0 Å². The predicted molar refractivity (Wildman–Crippen MR) is 92.8 cm³/mol. The molecule has 0 aliphatic rings. The van der Waals surface area contributed by atoms with Gasteiger partial charge in [-0.3, -0.25) is 4.98 Å². The number of aromatic nitrogens is 6. The molecule has 5 aromatic rings. The molecule has 0 atom stereocenters. The minimum atomic E-state index is 0.673. The Morgan fingerprint density at radius 2 is 1.76 bits per heavy atom. The van der Waals surface area contributed by atoms with E-state index in [1.807, 2.05) is 48.5 Å². The first kappa shape index (κ1) is 14.0. The summed E-state index contributed by atoms with van der Waals surface area (Å²) in [6.45, 7) is 0. The summed E-state index contributed by atoms with van der Waals surface area (Å²) in [7, 11) is 0. The van der Waals surface area contributed by atoms with E-state index in [2.05, 4.69) is 25.4 Å². The summed E-state index contributed by atoms with van der Waals surface area (Å²) in [6.07, 6.45) is 3.43. The number of hydrogen-bond donors (Lipinski definition) is 0. The van der Waals surface area contributed by atoms with Gasteiger partial charge in [0.15, 0.2) is 16.6 Å². The number of rotatable bonds is 3. The summed E-state index contributed by atoms with van der Waals surface area (Å²) in [4.78, 5) is 4.72. The molecule has 0 N–H and O–H groups in total. The first-order valence-corrected chi connectivity index (χ1v) is 8.35. The molecule has 4 aromatic heterocycles. The van der Waals surface area contributed by atoms with Crippen LogP contribution in [-0.4, -0.2) is 30.0 Å². The van der Waals surface area contributed by atoms with E-state index in [1.54, 1.807) is 16.9 Å². The fraction of sp³-hybridized carbons (Fsp3) is 0. The van der Waals surface area contributed by atoms with Crippen LogP contribution in [0.5, 0.6) is 0 Å². The van der Waals surface area contributed by atoms with Crippen LogP contribution in [0.3, 0.4) is 0 Å². The molecule has 0 bridgehead atoms. The zero-order valence-electron chi connectivity index (χ0n) is 12.8. The second-order valence-electron chi connectivity index (χ2n) is 5.30. The van der Waals surface area contributed by atoms with E-state index in [9.17, 15) is 0 Å². The van der Waals surface area contributed by atoms with E-state index in [0.717, 1.165) is 16.1 Å². The third-order valence-corrected chi connectivity index (χ3v) is 4.64. The van der Waals surface area contributed by atoms with Crippen LogP contribution in [0.25, 0.3) is 38.4 Å². The quantitative estimate of drug-likeness (QED) is 0.497. The number of pyridine rings is 1. The second-order valence-corrected chi connectivity index (χ2v) is 6.26. The van der Waals surface area contributed by atoms with Crippen LogP contribution in [0.2, 0.25) is 0 Å². The van der Waals surface area contributed by atoms with E-state index in [4.69, 9.17) is 4.52 Å². The highest BCUT2D eigenvalue weighted by molar-refractivity contribution is 7.19. The highest BCUT2D eigenvalue weighted by Gasteiger charge is 2.17. The van der Waals surface area contributed by atoms with E-state index in [1.165, 1.54) is 11.3 Å². The van der Waals surface area contributed by atoms with Gasteiger partial charge in [0.05, 0.1) is 0 Å². The van der Waals surface area contributed by atoms with Gasteiger partial charge in [-0.1, -0.05) is 46.8 Å². The molecule has 4 heterocycles. The van der Waals surface area contributed by atoms with Crippen molar-refractivity contribution in [1.29, 1.82) is 0 Å². The van der Waals surface area contributed by atoms with Gasteiger partial charge in [0, 0.05) is 29.6 Å². The Labute approximate surface area is 145 Å². The molecule has 0 aliphatic heterocycles. The van der Waals surface area contributed by atoms with Crippen molar-refractivity contribution < 1.29 is 4.52 Å². The molecule has 7 nitrogen and oxygen atoms in total. The van der Waals surface area contributed by atoms with Crippen molar-refractivity contribution in [3.63, 3.8) is 0 Å².